The molecule has 0 aliphatic heterocycles. The molecule has 1 aromatic carbocycles. The van der Waals surface area contributed by atoms with Crippen LogP contribution in [0.15, 0.2) is 35.8 Å². The number of ketones is 1. The summed E-state index contributed by atoms with van der Waals surface area (Å²) in [7, 11) is 0. The van der Waals surface area contributed by atoms with Gasteiger partial charge in [-0.25, -0.2) is 4.98 Å². The summed E-state index contributed by atoms with van der Waals surface area (Å²) in [5.41, 5.74) is 1.72. The quantitative estimate of drug-likeness (QED) is 0.305. The maximum Gasteiger partial charge on any atom is 0.223 e. The fourth-order valence-corrected chi connectivity index (χ4v) is 3.13. The number of hydrogen-bond acceptors (Lipinski definition) is 7. The second-order valence-corrected chi connectivity index (χ2v) is 6.07. The lowest BCUT2D eigenvalue weighted by atomic mass is 10.1. The number of ether oxygens (including phenoxy) is 2. The molecule has 3 rings (SSSR count). The molecule has 0 fully saturated rings. The molecule has 8 heteroatoms. The standard InChI is InChI=1S/C17H18N2O5S/c20-5-6-23-7-8-24-17(22)14-10-25-16(19-14)15(21)12-9-18-13-4-2-1-3-11(12)13/h1-4,9-10,17-18,20,22H,5-8H2. The maximum atomic E-state index is 12.7. The van der Waals surface area contributed by atoms with E-state index in [9.17, 15) is 9.90 Å². The Hall–Kier alpha value is -2.10. The molecular weight excluding hydrogens is 344 g/mol. The minimum Gasteiger partial charge on any atom is -0.394 e. The van der Waals surface area contributed by atoms with Crippen LogP contribution in [0, 0.1) is 0 Å². The third-order valence-electron chi connectivity index (χ3n) is 3.54. The summed E-state index contributed by atoms with van der Waals surface area (Å²) >= 11 is 1.16. The van der Waals surface area contributed by atoms with Gasteiger partial charge in [-0.1, -0.05) is 18.2 Å². The summed E-state index contributed by atoms with van der Waals surface area (Å²) < 4.78 is 10.2. The minimum absolute atomic E-state index is 0.0616. The average molecular weight is 362 g/mol. The summed E-state index contributed by atoms with van der Waals surface area (Å²) in [6.07, 6.45) is 0.443. The van der Waals surface area contributed by atoms with Crippen LogP contribution < -0.4 is 0 Å². The Morgan fingerprint density at radius 2 is 2.12 bits per heavy atom. The summed E-state index contributed by atoms with van der Waals surface area (Å²) in [6, 6.07) is 7.54. The molecule has 2 aromatic heterocycles. The predicted molar refractivity (Wildman–Crippen MR) is 92.7 cm³/mol. The number of aliphatic hydroxyl groups excluding tert-OH is 2. The van der Waals surface area contributed by atoms with Crippen LogP contribution in [0.2, 0.25) is 0 Å². The highest BCUT2D eigenvalue weighted by molar-refractivity contribution is 7.12. The van der Waals surface area contributed by atoms with Gasteiger partial charge in [0.1, 0.15) is 5.69 Å². The molecule has 3 N–H and O–H groups in total. The molecule has 1 atom stereocenters. The number of aliphatic hydroxyl groups is 2. The van der Waals surface area contributed by atoms with E-state index in [1.807, 2.05) is 24.3 Å². The van der Waals surface area contributed by atoms with Crippen LogP contribution in [0.1, 0.15) is 27.3 Å². The van der Waals surface area contributed by atoms with Crippen LogP contribution >= 0.6 is 11.3 Å². The number of H-pyrrole nitrogens is 1. The lowest BCUT2D eigenvalue weighted by molar-refractivity contribution is -0.118. The van der Waals surface area contributed by atoms with E-state index in [1.165, 1.54) is 0 Å². The normalized spacial score (nSPS) is 12.6. The number of hydrogen-bond donors (Lipinski definition) is 3. The molecule has 0 aliphatic rings. The number of fused-ring (bicyclic) bond motifs is 1. The number of thiazole rings is 1. The van der Waals surface area contributed by atoms with E-state index in [0.717, 1.165) is 22.2 Å². The Balaban J connectivity index is 1.65. The van der Waals surface area contributed by atoms with Crippen molar-refractivity contribution in [2.75, 3.05) is 26.4 Å². The van der Waals surface area contributed by atoms with Crippen molar-refractivity contribution in [3.63, 3.8) is 0 Å². The monoisotopic (exact) mass is 362 g/mol. The zero-order chi connectivity index (χ0) is 17.6. The van der Waals surface area contributed by atoms with Crippen LogP contribution in [-0.4, -0.2) is 52.4 Å². The second-order valence-electron chi connectivity index (χ2n) is 5.21. The number of nitrogens with zero attached hydrogens (tertiary/aromatic N) is 1. The van der Waals surface area contributed by atoms with Crippen molar-refractivity contribution in [1.82, 2.24) is 9.97 Å². The van der Waals surface area contributed by atoms with Crippen molar-refractivity contribution in [3.8, 4) is 0 Å². The molecule has 1 unspecified atom stereocenters. The van der Waals surface area contributed by atoms with E-state index >= 15 is 0 Å². The van der Waals surface area contributed by atoms with E-state index < -0.39 is 6.29 Å². The van der Waals surface area contributed by atoms with Crippen molar-refractivity contribution in [2.24, 2.45) is 0 Å². The SMILES string of the molecule is O=C(c1nc(C(O)OCCOCCO)cs1)c1c[nH]c2ccccc12. The van der Waals surface area contributed by atoms with Crippen LogP contribution in [0.4, 0.5) is 0 Å². The molecule has 0 spiro atoms. The summed E-state index contributed by atoms with van der Waals surface area (Å²) in [5, 5.41) is 21.3. The van der Waals surface area contributed by atoms with Gasteiger partial charge in [-0.3, -0.25) is 4.79 Å². The average Bonchev–Trinajstić information content (AvgIpc) is 3.28. The van der Waals surface area contributed by atoms with Crippen LogP contribution in [0.5, 0.6) is 0 Å². The first kappa shape index (κ1) is 17.7. The smallest absolute Gasteiger partial charge is 0.223 e. The summed E-state index contributed by atoms with van der Waals surface area (Å²) in [4.78, 5) is 19.9. The number of carbonyl (C=O) groups excluding carboxylic acids is 1. The van der Waals surface area contributed by atoms with Crippen LogP contribution in [0.25, 0.3) is 10.9 Å². The van der Waals surface area contributed by atoms with E-state index in [-0.39, 0.29) is 37.9 Å². The van der Waals surface area contributed by atoms with Crippen molar-refractivity contribution in [2.45, 2.75) is 6.29 Å². The van der Waals surface area contributed by atoms with Crippen LogP contribution in [0.3, 0.4) is 0 Å². The lowest BCUT2D eigenvalue weighted by Crippen LogP contribution is -2.11. The van der Waals surface area contributed by atoms with Gasteiger partial charge in [-0.05, 0) is 6.07 Å². The first-order chi connectivity index (χ1) is 12.2. The van der Waals surface area contributed by atoms with Crippen molar-refractivity contribution < 1.29 is 24.5 Å². The van der Waals surface area contributed by atoms with Crippen molar-refractivity contribution >= 4 is 28.0 Å². The van der Waals surface area contributed by atoms with Gasteiger partial charge in [0.25, 0.3) is 0 Å². The first-order valence-electron chi connectivity index (χ1n) is 7.75. The highest BCUT2D eigenvalue weighted by Crippen LogP contribution is 2.24. The highest BCUT2D eigenvalue weighted by Gasteiger charge is 2.20. The van der Waals surface area contributed by atoms with Gasteiger partial charge in [0, 0.05) is 22.5 Å². The van der Waals surface area contributed by atoms with Crippen molar-refractivity contribution in [1.29, 1.82) is 0 Å². The van der Waals surface area contributed by atoms with Gasteiger partial charge >= 0.3 is 0 Å². The zero-order valence-electron chi connectivity index (χ0n) is 13.3. The van der Waals surface area contributed by atoms with E-state index in [2.05, 4.69) is 9.97 Å². The molecule has 3 aromatic rings. The van der Waals surface area contributed by atoms with Gasteiger partial charge in [0.2, 0.25) is 5.78 Å². The van der Waals surface area contributed by atoms with Gasteiger partial charge in [0.05, 0.1) is 32.0 Å². The first-order valence-corrected chi connectivity index (χ1v) is 8.63. The topological polar surface area (TPSA) is 105 Å². The molecule has 0 bridgehead atoms. The molecule has 0 saturated carbocycles. The van der Waals surface area contributed by atoms with E-state index in [1.54, 1.807) is 11.6 Å². The number of benzene rings is 1. The Kier molecular flexibility index (Phi) is 5.90. The van der Waals surface area contributed by atoms with Gasteiger partial charge < -0.3 is 24.7 Å². The highest BCUT2D eigenvalue weighted by atomic mass is 32.1. The predicted octanol–water partition coefficient (Wildman–Crippen LogP) is 1.87. The molecule has 0 radical (unpaired) electrons. The van der Waals surface area contributed by atoms with E-state index in [4.69, 9.17) is 14.6 Å². The number of rotatable bonds is 9. The minimum atomic E-state index is -1.22. The van der Waals surface area contributed by atoms with Gasteiger partial charge in [0.15, 0.2) is 11.3 Å². The zero-order valence-corrected chi connectivity index (χ0v) is 14.2. The fraction of sp³-hybridized carbons (Fsp3) is 0.294. The third kappa shape index (κ3) is 4.12. The van der Waals surface area contributed by atoms with Gasteiger partial charge in [-0.15, -0.1) is 11.3 Å². The number of nitrogens with one attached hydrogen (secondary N) is 1. The molecule has 2 heterocycles. The number of carbonyl (C=O) groups is 1. The molecule has 0 amide bonds. The molecule has 25 heavy (non-hydrogen) atoms. The lowest BCUT2D eigenvalue weighted by Gasteiger charge is -2.09. The Morgan fingerprint density at radius 3 is 2.96 bits per heavy atom. The number of aromatic nitrogens is 2. The Labute approximate surface area is 147 Å². The van der Waals surface area contributed by atoms with Crippen LogP contribution in [-0.2, 0) is 9.47 Å². The Bertz CT molecular complexity index is 844. The van der Waals surface area contributed by atoms with E-state index in [0.29, 0.717) is 10.6 Å². The summed E-state index contributed by atoms with van der Waals surface area (Å²) in [6.45, 7) is 0.570. The molecule has 132 valence electrons. The fourth-order valence-electron chi connectivity index (χ4n) is 2.35. The summed E-state index contributed by atoms with van der Waals surface area (Å²) in [5.74, 6) is -0.202. The molecule has 0 saturated heterocycles. The molecular formula is C17H18N2O5S. The molecule has 0 aliphatic carbocycles. The van der Waals surface area contributed by atoms with Gasteiger partial charge in [-0.2, -0.15) is 0 Å². The largest absolute Gasteiger partial charge is 0.394 e. The number of para-hydroxylation sites is 1. The Morgan fingerprint density at radius 1 is 1.28 bits per heavy atom. The maximum absolute atomic E-state index is 12.7. The third-order valence-corrected chi connectivity index (χ3v) is 4.40. The number of aromatic amines is 1. The van der Waals surface area contributed by atoms with Crippen molar-refractivity contribution in [3.05, 3.63) is 52.1 Å². The second kappa shape index (κ2) is 8.32. The molecule has 7 nitrogen and oxygen atoms in total.